The van der Waals surface area contributed by atoms with Gasteiger partial charge in [-0.2, -0.15) is 0 Å². The normalized spacial score (nSPS) is 14.8. The van der Waals surface area contributed by atoms with Gasteiger partial charge in [0.25, 0.3) is 0 Å². The zero-order valence-electron chi connectivity index (χ0n) is 25.7. The molecule has 1 heterocycles. The smallest absolute Gasteiger partial charge is 0.407 e. The molecule has 0 saturated carbocycles. The molecule has 1 saturated heterocycles. The molecule has 2 rings (SSSR count). The average Bonchev–Trinajstić information content (AvgIpc) is 2.91. The summed E-state index contributed by atoms with van der Waals surface area (Å²) in [5.41, 5.74) is -0.194. The number of amides is 3. The fourth-order valence-corrected chi connectivity index (χ4v) is 4.07. The van der Waals surface area contributed by atoms with Crippen molar-refractivity contribution in [3.63, 3.8) is 0 Å². The predicted molar refractivity (Wildman–Crippen MR) is 154 cm³/mol. The monoisotopic (exact) mass is 595 g/mol. The average molecular weight is 596 g/mol. The van der Waals surface area contributed by atoms with Crippen molar-refractivity contribution in [1.29, 1.82) is 0 Å². The first-order valence-corrected chi connectivity index (χ1v) is 13.7. The highest BCUT2D eigenvalue weighted by Crippen LogP contribution is 2.34. The number of rotatable bonds is 14. The number of carboxylic acids is 1. The molecule has 0 bridgehead atoms. The van der Waals surface area contributed by atoms with Gasteiger partial charge in [-0.15, -0.1) is 0 Å². The van der Waals surface area contributed by atoms with Gasteiger partial charge in [-0.25, -0.2) is 9.59 Å². The van der Waals surface area contributed by atoms with E-state index in [2.05, 4.69) is 20.4 Å². The molecule has 3 N–H and O–H groups in total. The third-order valence-corrected chi connectivity index (χ3v) is 6.46. The molecule has 0 aromatic heterocycles. The van der Waals surface area contributed by atoms with Gasteiger partial charge in [0.1, 0.15) is 22.8 Å². The van der Waals surface area contributed by atoms with E-state index in [1.807, 2.05) is 7.05 Å². The maximum absolute atomic E-state index is 12.5. The number of nitrogens with one attached hydrogen (secondary N) is 2. The van der Waals surface area contributed by atoms with Crippen molar-refractivity contribution >= 4 is 23.9 Å². The number of carbonyl (C=O) groups is 4. The van der Waals surface area contributed by atoms with Crippen LogP contribution < -0.4 is 24.8 Å². The van der Waals surface area contributed by atoms with Crippen LogP contribution in [0.25, 0.3) is 0 Å². The Hall–Kier alpha value is -3.78. The van der Waals surface area contributed by atoms with Gasteiger partial charge in [-0.3, -0.25) is 14.5 Å². The Labute approximate surface area is 247 Å². The number of piperazine rings is 1. The molecule has 0 spiro atoms. The van der Waals surface area contributed by atoms with Crippen molar-refractivity contribution < 1.29 is 43.2 Å². The van der Waals surface area contributed by atoms with Crippen molar-refractivity contribution in [2.75, 3.05) is 74.1 Å². The zero-order valence-corrected chi connectivity index (χ0v) is 25.7. The molecule has 1 aromatic rings. The fraction of sp³-hybridized carbons (Fsp3) is 0.643. The highest BCUT2D eigenvalue weighted by Gasteiger charge is 2.26. The Morgan fingerprint density at radius 1 is 1.02 bits per heavy atom. The van der Waals surface area contributed by atoms with Crippen molar-refractivity contribution in [3.8, 4) is 17.2 Å². The summed E-state index contributed by atoms with van der Waals surface area (Å²) in [5.74, 6) is -1.28. The second kappa shape index (κ2) is 16.0. The summed E-state index contributed by atoms with van der Waals surface area (Å²) in [4.78, 5) is 54.9. The number of benzene rings is 1. The summed E-state index contributed by atoms with van der Waals surface area (Å²) in [6.07, 6.45) is -2.59. The lowest BCUT2D eigenvalue weighted by Crippen LogP contribution is -2.49. The molecule has 0 radical (unpaired) electrons. The number of carboxylic acid groups (broad SMARTS) is 1. The molecule has 42 heavy (non-hydrogen) atoms. The van der Waals surface area contributed by atoms with Gasteiger partial charge >= 0.3 is 12.1 Å². The molecule has 3 amide bonds. The molecular weight excluding hydrogens is 550 g/mol. The van der Waals surface area contributed by atoms with E-state index in [1.165, 1.54) is 26.4 Å². The molecular formula is C28H45N5O9. The first kappa shape index (κ1) is 34.4. The van der Waals surface area contributed by atoms with E-state index in [0.29, 0.717) is 12.1 Å². The van der Waals surface area contributed by atoms with E-state index in [0.717, 1.165) is 26.2 Å². The van der Waals surface area contributed by atoms with Gasteiger partial charge in [0.05, 0.1) is 39.3 Å². The molecule has 0 aliphatic carbocycles. The van der Waals surface area contributed by atoms with Crippen LogP contribution in [-0.2, 0) is 25.7 Å². The Bertz CT molecular complexity index is 1060. The lowest BCUT2D eigenvalue weighted by atomic mass is 10.1. The summed E-state index contributed by atoms with van der Waals surface area (Å²) in [5, 5.41) is 15.0. The van der Waals surface area contributed by atoms with Gasteiger partial charge in [0, 0.05) is 58.4 Å². The van der Waals surface area contributed by atoms with Crippen LogP contribution in [0.2, 0.25) is 0 Å². The Morgan fingerprint density at radius 2 is 1.62 bits per heavy atom. The van der Waals surface area contributed by atoms with Crippen molar-refractivity contribution in [2.45, 2.75) is 45.4 Å². The van der Waals surface area contributed by atoms with Crippen LogP contribution in [0.4, 0.5) is 4.79 Å². The van der Waals surface area contributed by atoms with Crippen LogP contribution >= 0.6 is 0 Å². The van der Waals surface area contributed by atoms with Crippen LogP contribution in [0.3, 0.4) is 0 Å². The Kier molecular flexibility index (Phi) is 13.1. The topological polar surface area (TPSA) is 159 Å². The zero-order chi connectivity index (χ0) is 31.4. The number of aliphatic carboxylic acids is 1. The van der Waals surface area contributed by atoms with Crippen molar-refractivity contribution in [1.82, 2.24) is 25.3 Å². The molecule has 1 aliphatic heterocycles. The van der Waals surface area contributed by atoms with Crippen LogP contribution in [0.1, 0.15) is 32.8 Å². The maximum Gasteiger partial charge on any atom is 0.407 e. The molecule has 1 aromatic carbocycles. The van der Waals surface area contributed by atoms with Gasteiger partial charge in [0.2, 0.25) is 17.9 Å². The molecule has 14 nitrogen and oxygen atoms in total. The third-order valence-electron chi connectivity index (χ3n) is 6.46. The number of methoxy groups -OCH3 is 2. The first-order valence-electron chi connectivity index (χ1n) is 13.7. The molecule has 1 fully saturated rings. The lowest BCUT2D eigenvalue weighted by molar-refractivity contribution is -0.147. The number of alkyl carbamates (subject to hydrolysis) is 1. The lowest BCUT2D eigenvalue weighted by Gasteiger charge is -2.32. The van der Waals surface area contributed by atoms with Crippen molar-refractivity contribution in [3.05, 3.63) is 17.7 Å². The van der Waals surface area contributed by atoms with Gasteiger partial charge in [-0.1, -0.05) is 0 Å². The predicted octanol–water partition coefficient (Wildman–Crippen LogP) is 0.773. The summed E-state index contributed by atoms with van der Waals surface area (Å²) >= 11 is 0. The quantitative estimate of drug-likeness (QED) is 0.279. The summed E-state index contributed by atoms with van der Waals surface area (Å²) in [7, 11) is 6.53. The minimum atomic E-state index is -1.50. The Balaban J connectivity index is 1.93. The third kappa shape index (κ3) is 11.6. The van der Waals surface area contributed by atoms with Crippen LogP contribution in [0.5, 0.6) is 17.2 Å². The first-order chi connectivity index (χ1) is 19.7. The number of ether oxygens (including phenoxy) is 4. The minimum absolute atomic E-state index is 0.0125. The van der Waals surface area contributed by atoms with E-state index in [-0.39, 0.29) is 42.8 Å². The molecule has 1 aliphatic rings. The summed E-state index contributed by atoms with van der Waals surface area (Å²) in [6, 6.07) is 2.90. The maximum atomic E-state index is 12.5. The minimum Gasteiger partial charge on any atom is -0.496 e. The number of likely N-dealkylation sites (N-methyl/N-ethyl adjacent to an activating group) is 2. The second-order valence-corrected chi connectivity index (χ2v) is 11.1. The number of carbonyl (C=O) groups excluding carboxylic acids is 3. The van der Waals surface area contributed by atoms with Crippen LogP contribution in [-0.4, -0.2) is 130 Å². The molecule has 236 valence electrons. The number of nitrogens with zero attached hydrogens (tertiary/aromatic N) is 3. The van der Waals surface area contributed by atoms with E-state index < -0.39 is 36.1 Å². The standard InChI is InChI=1S/C28H45N5O9/c1-28(2,3)42-27(38)30-17-20-21(39-6)14-19(15-22(20)40-7)41-23(26(36)37)16-24(34)29-8-9-32(5)25(35)18-33-12-10-31(4)11-13-33/h14-15,23H,8-13,16-18H2,1-7H3,(H,29,34)(H,30,38)(H,36,37). The molecule has 1 atom stereocenters. The van der Waals surface area contributed by atoms with E-state index in [4.69, 9.17) is 18.9 Å². The Morgan fingerprint density at radius 3 is 2.14 bits per heavy atom. The number of hydrogen-bond acceptors (Lipinski definition) is 10. The summed E-state index contributed by atoms with van der Waals surface area (Å²) in [6.45, 7) is 9.48. The summed E-state index contributed by atoms with van der Waals surface area (Å²) < 4.78 is 21.7. The van der Waals surface area contributed by atoms with Crippen molar-refractivity contribution in [2.24, 2.45) is 0 Å². The molecule has 1 unspecified atom stereocenters. The van der Waals surface area contributed by atoms with Gasteiger partial charge in [0.15, 0.2) is 0 Å². The highest BCUT2D eigenvalue weighted by molar-refractivity contribution is 5.84. The van der Waals surface area contributed by atoms with E-state index >= 15 is 0 Å². The fourth-order valence-electron chi connectivity index (χ4n) is 4.07. The molecule has 14 heteroatoms. The van der Waals surface area contributed by atoms with E-state index in [1.54, 1.807) is 32.7 Å². The van der Waals surface area contributed by atoms with E-state index in [9.17, 15) is 24.3 Å². The second-order valence-electron chi connectivity index (χ2n) is 11.1. The van der Waals surface area contributed by atoms with Gasteiger partial charge in [-0.05, 0) is 27.8 Å². The van der Waals surface area contributed by atoms with Crippen LogP contribution in [0, 0.1) is 0 Å². The largest absolute Gasteiger partial charge is 0.496 e. The number of hydrogen-bond donors (Lipinski definition) is 3. The highest BCUT2D eigenvalue weighted by atomic mass is 16.6. The SMILES string of the molecule is COc1cc(OC(CC(=O)NCCN(C)C(=O)CN2CCN(C)CC2)C(=O)O)cc(OC)c1CNC(=O)OC(C)(C)C. The van der Waals surface area contributed by atoms with Crippen LogP contribution in [0.15, 0.2) is 12.1 Å². The van der Waals surface area contributed by atoms with Gasteiger partial charge < -0.3 is 44.5 Å².